The van der Waals surface area contributed by atoms with E-state index in [1.807, 2.05) is 0 Å². The Bertz CT molecular complexity index is 1210. The van der Waals surface area contributed by atoms with Crippen LogP contribution in [0.25, 0.3) is 22.0 Å². The lowest BCUT2D eigenvalue weighted by atomic mass is 10.0. The van der Waals surface area contributed by atoms with E-state index < -0.39 is 12.6 Å². The van der Waals surface area contributed by atoms with Crippen LogP contribution in [0.5, 0.6) is 0 Å². The summed E-state index contributed by atoms with van der Waals surface area (Å²) in [5.41, 5.74) is 1.49. The van der Waals surface area contributed by atoms with Crippen LogP contribution >= 0.6 is 0 Å². The SMILES string of the molecule is Cc1cc(CC(F)(F)F)ncc1-c1cc2cnc(NC(=O)C3CC3)cc2n(C)c1=O. The summed E-state index contributed by atoms with van der Waals surface area (Å²) < 4.78 is 39.3. The number of alkyl halides is 3. The van der Waals surface area contributed by atoms with Gasteiger partial charge in [0.2, 0.25) is 5.91 Å². The van der Waals surface area contributed by atoms with Gasteiger partial charge in [-0.2, -0.15) is 13.2 Å². The number of anilines is 1. The Morgan fingerprint density at radius 3 is 2.53 bits per heavy atom. The number of amides is 1. The standard InChI is InChI=1S/C21H19F3N4O2/c1-11-5-14(8-21(22,23)24)25-10-16(11)15-6-13-9-26-18(27-19(29)12-3-4-12)7-17(13)28(2)20(15)30/h5-7,9-10,12H,3-4,8H2,1-2H3,(H,26,27,29). The summed E-state index contributed by atoms with van der Waals surface area (Å²) in [4.78, 5) is 33.0. The Morgan fingerprint density at radius 2 is 1.90 bits per heavy atom. The first-order valence-electron chi connectivity index (χ1n) is 9.45. The van der Waals surface area contributed by atoms with Crippen molar-refractivity contribution in [3.05, 3.63) is 52.2 Å². The molecule has 30 heavy (non-hydrogen) atoms. The van der Waals surface area contributed by atoms with Crippen molar-refractivity contribution >= 4 is 22.6 Å². The van der Waals surface area contributed by atoms with E-state index in [9.17, 15) is 22.8 Å². The summed E-state index contributed by atoms with van der Waals surface area (Å²) in [6, 6.07) is 4.63. The fraction of sp³-hybridized carbons (Fsp3) is 0.333. The number of rotatable bonds is 4. The van der Waals surface area contributed by atoms with Crippen LogP contribution in [0.2, 0.25) is 0 Å². The monoisotopic (exact) mass is 416 g/mol. The highest BCUT2D eigenvalue weighted by Gasteiger charge is 2.30. The number of aromatic nitrogens is 3. The maximum absolute atomic E-state index is 12.9. The smallest absolute Gasteiger partial charge is 0.311 e. The van der Waals surface area contributed by atoms with Crippen molar-refractivity contribution < 1.29 is 18.0 Å². The lowest BCUT2D eigenvalue weighted by molar-refractivity contribution is -0.127. The topological polar surface area (TPSA) is 76.9 Å². The first kappa shape index (κ1) is 20.1. The van der Waals surface area contributed by atoms with Crippen molar-refractivity contribution in [1.29, 1.82) is 0 Å². The van der Waals surface area contributed by atoms with Crippen LogP contribution in [-0.2, 0) is 18.3 Å². The molecule has 1 amide bonds. The Hall–Kier alpha value is -3.23. The molecule has 0 saturated heterocycles. The van der Waals surface area contributed by atoms with Gasteiger partial charge in [-0.15, -0.1) is 0 Å². The second kappa shape index (κ2) is 7.23. The summed E-state index contributed by atoms with van der Waals surface area (Å²) in [5.74, 6) is 0.324. The predicted octanol–water partition coefficient (Wildman–Crippen LogP) is 3.76. The number of nitrogens with zero attached hydrogens (tertiary/aromatic N) is 3. The van der Waals surface area contributed by atoms with Crippen LogP contribution in [0.1, 0.15) is 24.1 Å². The third-order valence-corrected chi connectivity index (χ3v) is 5.15. The van der Waals surface area contributed by atoms with Crippen molar-refractivity contribution in [1.82, 2.24) is 14.5 Å². The van der Waals surface area contributed by atoms with Crippen molar-refractivity contribution in [2.75, 3.05) is 5.32 Å². The maximum Gasteiger partial charge on any atom is 0.394 e. The molecule has 3 heterocycles. The number of carbonyl (C=O) groups is 1. The summed E-state index contributed by atoms with van der Waals surface area (Å²) >= 11 is 0. The average Bonchev–Trinajstić information content (AvgIpc) is 3.49. The molecule has 1 saturated carbocycles. The largest absolute Gasteiger partial charge is 0.394 e. The number of hydrogen-bond acceptors (Lipinski definition) is 4. The van der Waals surface area contributed by atoms with Crippen LogP contribution in [0.4, 0.5) is 19.0 Å². The summed E-state index contributed by atoms with van der Waals surface area (Å²) in [6.07, 6.45) is -0.869. The number of fused-ring (bicyclic) bond motifs is 1. The molecule has 1 fully saturated rings. The number of nitrogens with one attached hydrogen (secondary N) is 1. The first-order chi connectivity index (χ1) is 14.1. The molecule has 6 nitrogen and oxygen atoms in total. The molecular formula is C21H19F3N4O2. The number of aryl methyl sites for hydroxylation is 2. The van der Waals surface area contributed by atoms with Gasteiger partial charge in [0.05, 0.1) is 11.9 Å². The molecule has 1 N–H and O–H groups in total. The van der Waals surface area contributed by atoms with Gasteiger partial charge >= 0.3 is 6.18 Å². The van der Waals surface area contributed by atoms with Crippen LogP contribution in [0.15, 0.2) is 35.4 Å². The number of hydrogen-bond donors (Lipinski definition) is 1. The Balaban J connectivity index is 1.72. The van der Waals surface area contributed by atoms with Gasteiger partial charge in [0.1, 0.15) is 5.82 Å². The third-order valence-electron chi connectivity index (χ3n) is 5.15. The maximum atomic E-state index is 12.9. The highest BCUT2D eigenvalue weighted by molar-refractivity contribution is 5.95. The number of pyridine rings is 3. The molecule has 0 aliphatic heterocycles. The Labute approximate surface area is 169 Å². The van der Waals surface area contributed by atoms with E-state index in [1.165, 1.54) is 16.8 Å². The minimum atomic E-state index is -4.35. The van der Waals surface area contributed by atoms with Gasteiger partial charge in [-0.25, -0.2) is 4.98 Å². The van der Waals surface area contributed by atoms with Crippen LogP contribution in [-0.4, -0.2) is 26.6 Å². The van der Waals surface area contributed by atoms with Crippen molar-refractivity contribution in [2.24, 2.45) is 13.0 Å². The van der Waals surface area contributed by atoms with Crippen molar-refractivity contribution in [3.63, 3.8) is 0 Å². The molecule has 0 aromatic carbocycles. The normalized spacial score (nSPS) is 14.2. The van der Waals surface area contributed by atoms with E-state index in [-0.39, 0.29) is 23.1 Å². The van der Waals surface area contributed by atoms with Gasteiger partial charge in [0.25, 0.3) is 5.56 Å². The molecule has 0 unspecified atom stereocenters. The molecule has 3 aromatic rings. The molecule has 0 bridgehead atoms. The van der Waals surface area contributed by atoms with E-state index in [4.69, 9.17) is 0 Å². The van der Waals surface area contributed by atoms with Crippen LogP contribution < -0.4 is 10.9 Å². The van der Waals surface area contributed by atoms with E-state index in [2.05, 4.69) is 15.3 Å². The second-order valence-corrected chi connectivity index (χ2v) is 7.60. The third kappa shape index (κ3) is 4.05. The predicted molar refractivity (Wildman–Crippen MR) is 106 cm³/mol. The molecule has 0 spiro atoms. The van der Waals surface area contributed by atoms with Gasteiger partial charge in [-0.05, 0) is 37.5 Å². The number of carbonyl (C=O) groups excluding carboxylic acids is 1. The second-order valence-electron chi connectivity index (χ2n) is 7.60. The van der Waals surface area contributed by atoms with Crippen LogP contribution in [0, 0.1) is 12.8 Å². The molecule has 156 valence electrons. The van der Waals surface area contributed by atoms with Gasteiger partial charge in [-0.1, -0.05) is 0 Å². The molecule has 9 heteroatoms. The van der Waals surface area contributed by atoms with Gasteiger partial charge in [0.15, 0.2) is 0 Å². The fourth-order valence-corrected chi connectivity index (χ4v) is 3.40. The summed E-state index contributed by atoms with van der Waals surface area (Å²) in [5, 5.41) is 3.42. The van der Waals surface area contributed by atoms with E-state index in [0.717, 1.165) is 12.8 Å². The summed E-state index contributed by atoms with van der Waals surface area (Å²) in [6.45, 7) is 1.65. The van der Waals surface area contributed by atoms with Gasteiger partial charge < -0.3 is 9.88 Å². The van der Waals surface area contributed by atoms with Gasteiger partial charge in [0, 0.05) is 53.6 Å². The van der Waals surface area contributed by atoms with Gasteiger partial charge in [-0.3, -0.25) is 14.6 Å². The molecule has 1 aliphatic carbocycles. The van der Waals surface area contributed by atoms with Crippen molar-refractivity contribution in [3.8, 4) is 11.1 Å². The molecule has 4 rings (SSSR count). The van der Waals surface area contributed by atoms with Crippen molar-refractivity contribution in [2.45, 2.75) is 32.4 Å². The van der Waals surface area contributed by atoms with Crippen LogP contribution in [0.3, 0.4) is 0 Å². The zero-order chi connectivity index (χ0) is 21.6. The quantitative estimate of drug-likeness (QED) is 0.703. The molecular weight excluding hydrogens is 397 g/mol. The Morgan fingerprint density at radius 1 is 1.17 bits per heavy atom. The first-order valence-corrected chi connectivity index (χ1v) is 9.45. The number of halogens is 3. The minimum absolute atomic E-state index is 0.0319. The van der Waals surface area contributed by atoms with E-state index in [1.54, 1.807) is 32.3 Å². The molecule has 1 aliphatic rings. The lowest BCUT2D eigenvalue weighted by Crippen LogP contribution is -2.20. The fourth-order valence-electron chi connectivity index (χ4n) is 3.40. The van der Waals surface area contributed by atoms with E-state index in [0.29, 0.717) is 33.4 Å². The zero-order valence-electron chi connectivity index (χ0n) is 16.4. The highest BCUT2D eigenvalue weighted by Crippen LogP contribution is 2.30. The Kier molecular flexibility index (Phi) is 4.83. The van der Waals surface area contributed by atoms with E-state index >= 15 is 0 Å². The average molecular weight is 416 g/mol. The molecule has 0 atom stereocenters. The highest BCUT2D eigenvalue weighted by atomic mass is 19.4. The molecule has 0 radical (unpaired) electrons. The summed E-state index contributed by atoms with van der Waals surface area (Å²) in [7, 11) is 1.60. The molecule has 3 aromatic heterocycles. The lowest BCUT2D eigenvalue weighted by Gasteiger charge is -2.13. The zero-order valence-corrected chi connectivity index (χ0v) is 16.4. The minimum Gasteiger partial charge on any atom is -0.311 e.